The van der Waals surface area contributed by atoms with E-state index in [1.165, 1.54) is 5.56 Å². The third kappa shape index (κ3) is 3.64. The third-order valence-electron chi connectivity index (χ3n) is 5.24. The van der Waals surface area contributed by atoms with E-state index in [0.29, 0.717) is 19.0 Å². The molecule has 0 saturated carbocycles. The van der Waals surface area contributed by atoms with Crippen molar-refractivity contribution in [3.8, 4) is 0 Å². The molecule has 3 heterocycles. The number of likely N-dealkylation sites (N-methyl/N-ethyl adjacent to an activating group) is 1. The maximum atomic E-state index is 13.6. The van der Waals surface area contributed by atoms with E-state index < -0.39 is 11.9 Å². The van der Waals surface area contributed by atoms with E-state index in [2.05, 4.69) is 9.97 Å². The number of alkyl halides is 3. The lowest BCUT2D eigenvalue weighted by Gasteiger charge is -2.33. The molecule has 0 spiro atoms. The summed E-state index contributed by atoms with van der Waals surface area (Å²) in [6, 6.07) is 10.0. The van der Waals surface area contributed by atoms with E-state index in [1.54, 1.807) is 5.01 Å². The van der Waals surface area contributed by atoms with Gasteiger partial charge in [0.1, 0.15) is 18.7 Å². The van der Waals surface area contributed by atoms with Crippen LogP contribution in [0.15, 0.2) is 36.7 Å². The average Bonchev–Trinajstić information content (AvgIpc) is 3.33. The third-order valence-corrected chi connectivity index (χ3v) is 5.24. The van der Waals surface area contributed by atoms with E-state index in [4.69, 9.17) is 0 Å². The molecule has 150 valence electrons. The lowest BCUT2D eigenvalue weighted by Crippen LogP contribution is -2.48. The molecule has 1 aromatic carbocycles. The monoisotopic (exact) mass is 392 g/mol. The lowest BCUT2D eigenvalue weighted by atomic mass is 10.1. The number of halogens is 3. The minimum Gasteiger partial charge on any atom is -0.279 e. The first-order valence-corrected chi connectivity index (χ1v) is 9.42. The molecule has 0 amide bonds. The minimum atomic E-state index is -4.52. The van der Waals surface area contributed by atoms with Gasteiger partial charge >= 0.3 is 6.18 Å². The highest BCUT2D eigenvalue weighted by atomic mass is 19.4. The topological polar surface area (TPSA) is 38.7 Å². The summed E-state index contributed by atoms with van der Waals surface area (Å²) in [4.78, 5) is 7.80. The van der Waals surface area contributed by atoms with Crippen LogP contribution in [-0.4, -0.2) is 53.3 Å². The Bertz CT molecular complexity index is 807. The van der Waals surface area contributed by atoms with Gasteiger partial charge in [-0.25, -0.2) is 20.0 Å². The zero-order valence-corrected chi connectivity index (χ0v) is 15.7. The number of hydrogen-bond acceptors (Lipinski definition) is 6. The lowest BCUT2D eigenvalue weighted by molar-refractivity contribution is -0.140. The maximum absolute atomic E-state index is 13.6. The quantitative estimate of drug-likeness (QED) is 0.778. The number of hydrogen-bond donors (Lipinski definition) is 0. The molecule has 1 saturated heterocycles. The van der Waals surface area contributed by atoms with Gasteiger partial charge in [-0.3, -0.25) is 10.0 Å². The van der Waals surface area contributed by atoms with E-state index in [9.17, 15) is 13.2 Å². The van der Waals surface area contributed by atoms with E-state index >= 15 is 0 Å². The number of rotatable bonds is 5. The number of fused-ring (bicyclic) bond motifs is 1. The van der Waals surface area contributed by atoms with Crippen molar-refractivity contribution in [1.29, 1.82) is 0 Å². The van der Waals surface area contributed by atoms with Gasteiger partial charge < -0.3 is 0 Å². The zero-order chi connectivity index (χ0) is 19.7. The van der Waals surface area contributed by atoms with Crippen molar-refractivity contribution in [3.63, 3.8) is 0 Å². The number of aromatic nitrogens is 2. The molecule has 0 radical (unpaired) electrons. The molecule has 1 aromatic heterocycles. The Morgan fingerprint density at radius 3 is 2.46 bits per heavy atom. The van der Waals surface area contributed by atoms with Crippen molar-refractivity contribution >= 4 is 11.5 Å². The summed E-state index contributed by atoms with van der Waals surface area (Å²) in [6.45, 7) is 2.46. The maximum Gasteiger partial charge on any atom is 0.435 e. The van der Waals surface area contributed by atoms with E-state index in [-0.39, 0.29) is 5.69 Å². The fraction of sp³-hybridized carbons (Fsp3) is 0.474. The largest absolute Gasteiger partial charge is 0.435 e. The van der Waals surface area contributed by atoms with E-state index in [1.807, 2.05) is 52.4 Å². The van der Waals surface area contributed by atoms with Gasteiger partial charge in [0, 0.05) is 26.7 Å². The summed E-state index contributed by atoms with van der Waals surface area (Å²) in [6.07, 6.45) is -0.768. The van der Waals surface area contributed by atoms with E-state index in [0.717, 1.165) is 38.7 Å². The molecule has 1 fully saturated rings. The summed E-state index contributed by atoms with van der Waals surface area (Å²) in [7, 11) is 1.88. The molecule has 9 heteroatoms. The standard InChI is InChI=1S/C19H23F3N6/c1-25(12-9-15-7-3-2-4-8-15)28-14-27(26-10-5-6-11-26)16-17(19(20,21)22)23-13-24-18(16)28/h2-4,7-8,13H,5-6,9-12,14H2,1H3. The highest BCUT2D eigenvalue weighted by molar-refractivity contribution is 5.74. The van der Waals surface area contributed by atoms with Crippen LogP contribution in [0.2, 0.25) is 0 Å². The van der Waals surface area contributed by atoms with Gasteiger partial charge in [-0.2, -0.15) is 13.2 Å². The van der Waals surface area contributed by atoms with Crippen molar-refractivity contribution in [2.75, 3.05) is 43.4 Å². The Labute approximate surface area is 162 Å². The SMILES string of the molecule is CN(CCc1ccccc1)N1CN(N2CCCC2)c2c1ncnc2C(F)(F)F. The second kappa shape index (κ2) is 7.56. The molecule has 0 atom stereocenters. The second-order valence-electron chi connectivity index (χ2n) is 7.11. The molecule has 0 aliphatic carbocycles. The van der Waals surface area contributed by atoms with Gasteiger partial charge in [0.05, 0.1) is 0 Å². The summed E-state index contributed by atoms with van der Waals surface area (Å²) < 4.78 is 40.9. The van der Waals surface area contributed by atoms with Gasteiger partial charge in [0.2, 0.25) is 0 Å². The molecular weight excluding hydrogens is 369 g/mol. The van der Waals surface area contributed by atoms with Crippen molar-refractivity contribution in [2.45, 2.75) is 25.4 Å². The summed E-state index contributed by atoms with van der Waals surface area (Å²) in [5.41, 5.74) is 0.371. The van der Waals surface area contributed by atoms with Crippen molar-refractivity contribution in [2.24, 2.45) is 0 Å². The predicted octanol–water partition coefficient (Wildman–Crippen LogP) is 3.18. The predicted molar refractivity (Wildman–Crippen MR) is 100 cm³/mol. The molecule has 28 heavy (non-hydrogen) atoms. The normalized spacial score (nSPS) is 17.6. The Kier molecular flexibility index (Phi) is 5.11. The molecule has 0 bridgehead atoms. The first kappa shape index (κ1) is 18.9. The molecule has 2 aromatic rings. The van der Waals surface area contributed by atoms with Crippen molar-refractivity contribution in [1.82, 2.24) is 20.0 Å². The van der Waals surface area contributed by atoms with Gasteiger partial charge in [0.15, 0.2) is 11.5 Å². The molecule has 2 aliphatic rings. The highest BCUT2D eigenvalue weighted by Gasteiger charge is 2.45. The highest BCUT2D eigenvalue weighted by Crippen LogP contribution is 2.44. The summed E-state index contributed by atoms with van der Waals surface area (Å²) in [5, 5.41) is 7.43. The van der Waals surface area contributed by atoms with Crippen molar-refractivity contribution in [3.05, 3.63) is 47.9 Å². The molecule has 2 aliphatic heterocycles. The number of hydrazine groups is 2. The number of anilines is 2. The van der Waals surface area contributed by atoms with Crippen LogP contribution in [-0.2, 0) is 12.6 Å². The summed E-state index contributed by atoms with van der Waals surface area (Å²) in [5.74, 6) is 0.310. The van der Waals surface area contributed by atoms with Gasteiger partial charge in [-0.15, -0.1) is 0 Å². The first-order valence-electron chi connectivity index (χ1n) is 9.42. The number of benzene rings is 1. The van der Waals surface area contributed by atoms with Gasteiger partial charge in [0.25, 0.3) is 0 Å². The second-order valence-corrected chi connectivity index (χ2v) is 7.11. The average molecular weight is 392 g/mol. The Morgan fingerprint density at radius 1 is 1.07 bits per heavy atom. The molecule has 4 rings (SSSR count). The Hall–Kier alpha value is -2.39. The minimum absolute atomic E-state index is 0.0588. The van der Waals surface area contributed by atoms with Crippen LogP contribution in [0, 0.1) is 0 Å². The smallest absolute Gasteiger partial charge is 0.279 e. The molecule has 0 unspecified atom stereocenters. The molecule has 6 nitrogen and oxygen atoms in total. The van der Waals surface area contributed by atoms with Crippen molar-refractivity contribution < 1.29 is 13.2 Å². The fourth-order valence-electron chi connectivity index (χ4n) is 3.77. The van der Waals surface area contributed by atoms with Crippen LogP contribution < -0.4 is 10.0 Å². The van der Waals surface area contributed by atoms with Crippen LogP contribution in [0.25, 0.3) is 0 Å². The molecular formula is C19H23F3N6. The van der Waals surface area contributed by atoms with Crippen LogP contribution >= 0.6 is 0 Å². The first-order chi connectivity index (χ1) is 13.4. The summed E-state index contributed by atoms with van der Waals surface area (Å²) >= 11 is 0. The number of nitrogens with zero attached hydrogens (tertiary/aromatic N) is 6. The van der Waals surface area contributed by atoms with Crippen LogP contribution in [0.5, 0.6) is 0 Å². The Balaban J connectivity index is 1.61. The Morgan fingerprint density at radius 2 is 1.79 bits per heavy atom. The van der Waals surface area contributed by atoms with Gasteiger partial charge in [-0.05, 0) is 24.8 Å². The zero-order valence-electron chi connectivity index (χ0n) is 15.7. The van der Waals surface area contributed by atoms with Crippen LogP contribution in [0.4, 0.5) is 24.7 Å². The van der Waals surface area contributed by atoms with Crippen LogP contribution in [0.1, 0.15) is 24.1 Å². The fourth-order valence-corrected chi connectivity index (χ4v) is 3.77. The molecule has 0 N–H and O–H groups in total. The van der Waals surface area contributed by atoms with Crippen LogP contribution in [0.3, 0.4) is 0 Å². The van der Waals surface area contributed by atoms with Gasteiger partial charge in [-0.1, -0.05) is 30.3 Å².